The van der Waals surface area contributed by atoms with Gasteiger partial charge in [0.05, 0.1) is 5.39 Å². The number of piperidine rings is 1. The van der Waals surface area contributed by atoms with E-state index < -0.39 is 0 Å². The Morgan fingerprint density at radius 1 is 1.12 bits per heavy atom. The van der Waals surface area contributed by atoms with Gasteiger partial charge in [-0.3, -0.25) is 9.36 Å². The Balaban J connectivity index is 1.77. The minimum absolute atomic E-state index is 0.0314. The van der Waals surface area contributed by atoms with Gasteiger partial charge in [0.25, 0.3) is 5.56 Å². The lowest BCUT2D eigenvalue weighted by Gasteiger charge is -2.26. The Morgan fingerprint density at radius 3 is 2.58 bits per heavy atom. The smallest absolute Gasteiger partial charge is 0.263 e. The standard InChI is InChI=1S/C20H23N3OS2/c1-14-16(15-8-4-2-5-9-15)17-18(26-14)21-20(25)23(19(17)24)13-12-22-10-6-3-7-11-22/h2,4-5,8-9H,3,6-7,10-13H2,1H3,(H,21,25). The van der Waals surface area contributed by atoms with Crippen molar-refractivity contribution in [2.45, 2.75) is 32.7 Å². The van der Waals surface area contributed by atoms with Crippen molar-refractivity contribution in [1.29, 1.82) is 0 Å². The summed E-state index contributed by atoms with van der Waals surface area (Å²) in [6, 6.07) is 10.1. The van der Waals surface area contributed by atoms with E-state index in [-0.39, 0.29) is 5.56 Å². The van der Waals surface area contributed by atoms with Gasteiger partial charge in [-0.2, -0.15) is 0 Å². The number of benzene rings is 1. The summed E-state index contributed by atoms with van der Waals surface area (Å²) < 4.78 is 2.27. The Labute approximate surface area is 162 Å². The Morgan fingerprint density at radius 2 is 1.85 bits per heavy atom. The topological polar surface area (TPSA) is 41.0 Å². The van der Waals surface area contributed by atoms with Crippen molar-refractivity contribution in [2.24, 2.45) is 0 Å². The molecular weight excluding hydrogens is 362 g/mol. The van der Waals surface area contributed by atoms with Crippen molar-refractivity contribution in [3.63, 3.8) is 0 Å². The number of rotatable bonds is 4. The van der Waals surface area contributed by atoms with Gasteiger partial charge in [0.1, 0.15) is 4.83 Å². The van der Waals surface area contributed by atoms with Gasteiger partial charge in [-0.25, -0.2) is 0 Å². The lowest BCUT2D eigenvalue weighted by Crippen LogP contribution is -2.35. The molecule has 6 heteroatoms. The van der Waals surface area contributed by atoms with Gasteiger partial charge >= 0.3 is 0 Å². The Hall–Kier alpha value is -1.76. The number of fused-ring (bicyclic) bond motifs is 1. The molecule has 0 saturated carbocycles. The lowest BCUT2D eigenvalue weighted by molar-refractivity contribution is 0.219. The predicted octanol–water partition coefficient (Wildman–Crippen LogP) is 4.58. The highest BCUT2D eigenvalue weighted by atomic mass is 32.1. The monoisotopic (exact) mass is 385 g/mol. The highest BCUT2D eigenvalue weighted by Crippen LogP contribution is 2.35. The minimum Gasteiger partial charge on any atom is -0.323 e. The van der Waals surface area contributed by atoms with Gasteiger partial charge in [0, 0.05) is 23.5 Å². The molecule has 0 bridgehead atoms. The zero-order chi connectivity index (χ0) is 18.1. The van der Waals surface area contributed by atoms with Crippen LogP contribution in [0.15, 0.2) is 35.1 Å². The first kappa shape index (κ1) is 17.6. The molecule has 3 heterocycles. The molecule has 136 valence electrons. The number of hydrogen-bond acceptors (Lipinski definition) is 4. The van der Waals surface area contributed by atoms with Crippen LogP contribution < -0.4 is 5.56 Å². The third-order valence-corrected chi connectivity index (χ3v) is 6.50. The van der Waals surface area contributed by atoms with Crippen molar-refractivity contribution in [2.75, 3.05) is 19.6 Å². The van der Waals surface area contributed by atoms with Gasteiger partial charge < -0.3 is 9.88 Å². The molecule has 0 unspecified atom stereocenters. The molecule has 3 aromatic rings. The van der Waals surface area contributed by atoms with Gasteiger partial charge in [0.2, 0.25) is 0 Å². The molecule has 1 saturated heterocycles. The Kier molecular flexibility index (Phi) is 5.07. The number of hydrogen-bond donors (Lipinski definition) is 1. The molecule has 0 amide bonds. The molecule has 4 rings (SSSR count). The van der Waals surface area contributed by atoms with Crippen LogP contribution >= 0.6 is 23.6 Å². The largest absolute Gasteiger partial charge is 0.323 e. The van der Waals surface area contributed by atoms with E-state index in [4.69, 9.17) is 12.2 Å². The first-order valence-electron chi connectivity index (χ1n) is 9.19. The van der Waals surface area contributed by atoms with E-state index in [1.54, 1.807) is 15.9 Å². The van der Waals surface area contributed by atoms with Gasteiger partial charge in [0.15, 0.2) is 4.77 Å². The molecule has 1 N–H and O–H groups in total. The Bertz CT molecular complexity index is 1030. The first-order chi connectivity index (χ1) is 12.6. The number of H-pyrrole nitrogens is 1. The zero-order valence-electron chi connectivity index (χ0n) is 15.0. The average molecular weight is 386 g/mol. The maximum Gasteiger partial charge on any atom is 0.263 e. The minimum atomic E-state index is 0.0314. The predicted molar refractivity (Wildman–Crippen MR) is 112 cm³/mol. The van der Waals surface area contributed by atoms with Crippen LogP contribution in [0, 0.1) is 11.7 Å². The summed E-state index contributed by atoms with van der Waals surface area (Å²) in [5.74, 6) is 0. The molecule has 2 aromatic heterocycles. The number of aryl methyl sites for hydroxylation is 1. The number of aromatic amines is 1. The fraction of sp³-hybridized carbons (Fsp3) is 0.400. The molecule has 1 aliphatic heterocycles. The van der Waals surface area contributed by atoms with Crippen LogP contribution in [0.5, 0.6) is 0 Å². The van der Waals surface area contributed by atoms with Crippen LogP contribution in [0.2, 0.25) is 0 Å². The summed E-state index contributed by atoms with van der Waals surface area (Å²) in [4.78, 5) is 21.0. The van der Waals surface area contributed by atoms with Gasteiger partial charge in [-0.15, -0.1) is 11.3 Å². The number of nitrogens with zero attached hydrogens (tertiary/aromatic N) is 2. The van der Waals surface area contributed by atoms with Crippen molar-refractivity contribution < 1.29 is 0 Å². The molecule has 4 nitrogen and oxygen atoms in total. The highest BCUT2D eigenvalue weighted by Gasteiger charge is 2.18. The second kappa shape index (κ2) is 7.47. The first-order valence-corrected chi connectivity index (χ1v) is 10.4. The van der Waals surface area contributed by atoms with Crippen LogP contribution in [-0.2, 0) is 6.54 Å². The fourth-order valence-corrected chi connectivity index (χ4v) is 5.22. The average Bonchev–Trinajstić information content (AvgIpc) is 2.99. The normalized spacial score (nSPS) is 15.6. The number of likely N-dealkylation sites (tertiary alicyclic amines) is 1. The quantitative estimate of drug-likeness (QED) is 0.668. The summed E-state index contributed by atoms with van der Waals surface area (Å²) >= 11 is 7.11. The van der Waals surface area contributed by atoms with Crippen LogP contribution in [0.4, 0.5) is 0 Å². The van der Waals surface area contributed by atoms with Crippen molar-refractivity contribution >= 4 is 33.8 Å². The van der Waals surface area contributed by atoms with Gasteiger partial charge in [-0.05, 0) is 50.6 Å². The van der Waals surface area contributed by atoms with E-state index in [1.165, 1.54) is 19.3 Å². The molecule has 1 aromatic carbocycles. The molecule has 0 atom stereocenters. The number of thiophene rings is 1. The molecule has 26 heavy (non-hydrogen) atoms. The summed E-state index contributed by atoms with van der Waals surface area (Å²) in [7, 11) is 0. The van der Waals surface area contributed by atoms with E-state index in [9.17, 15) is 4.79 Å². The lowest BCUT2D eigenvalue weighted by atomic mass is 10.0. The van der Waals surface area contributed by atoms with E-state index >= 15 is 0 Å². The van der Waals surface area contributed by atoms with Crippen molar-refractivity contribution in [3.05, 3.63) is 50.3 Å². The molecule has 0 aliphatic carbocycles. The molecule has 1 fully saturated rings. The second-order valence-electron chi connectivity index (χ2n) is 6.89. The second-order valence-corrected chi connectivity index (χ2v) is 8.50. The molecule has 0 spiro atoms. The molecule has 1 aliphatic rings. The maximum atomic E-state index is 13.3. The summed E-state index contributed by atoms with van der Waals surface area (Å²) in [6.07, 6.45) is 3.82. The molecule has 0 radical (unpaired) electrons. The maximum absolute atomic E-state index is 13.3. The van der Waals surface area contributed by atoms with Crippen LogP contribution in [0.1, 0.15) is 24.1 Å². The SMILES string of the molecule is Cc1sc2[nH]c(=S)n(CCN3CCCCC3)c(=O)c2c1-c1ccccc1. The highest BCUT2D eigenvalue weighted by molar-refractivity contribution is 7.71. The van der Waals surface area contributed by atoms with Crippen LogP contribution in [0.25, 0.3) is 21.3 Å². The van der Waals surface area contributed by atoms with E-state index in [0.29, 0.717) is 11.3 Å². The summed E-state index contributed by atoms with van der Waals surface area (Å²) in [6.45, 7) is 5.85. The number of nitrogens with one attached hydrogen (secondary N) is 1. The zero-order valence-corrected chi connectivity index (χ0v) is 16.6. The van der Waals surface area contributed by atoms with Crippen LogP contribution in [-0.4, -0.2) is 34.1 Å². The van der Waals surface area contributed by atoms with Crippen molar-refractivity contribution in [3.8, 4) is 11.1 Å². The summed E-state index contributed by atoms with van der Waals surface area (Å²) in [5, 5.41) is 0.769. The molecular formula is C20H23N3OS2. The number of aromatic nitrogens is 2. The van der Waals surface area contributed by atoms with E-state index in [0.717, 1.165) is 45.9 Å². The van der Waals surface area contributed by atoms with Gasteiger partial charge in [-0.1, -0.05) is 36.8 Å². The van der Waals surface area contributed by atoms with Crippen LogP contribution in [0.3, 0.4) is 0 Å². The fourth-order valence-electron chi connectivity index (χ4n) is 3.81. The van der Waals surface area contributed by atoms with Crippen molar-refractivity contribution in [1.82, 2.24) is 14.5 Å². The third kappa shape index (κ3) is 3.29. The summed E-state index contributed by atoms with van der Waals surface area (Å²) in [5.41, 5.74) is 2.15. The third-order valence-electron chi connectivity index (χ3n) is 5.16. The van der Waals surface area contributed by atoms with E-state index in [2.05, 4.69) is 28.9 Å². The van der Waals surface area contributed by atoms with E-state index in [1.807, 2.05) is 18.2 Å².